The van der Waals surface area contributed by atoms with Crippen LogP contribution in [0, 0.1) is 5.92 Å². The molecule has 0 spiro atoms. The maximum atomic E-state index is 11.8. The van der Waals surface area contributed by atoms with Crippen LogP contribution in [-0.2, 0) is 0 Å². The van der Waals surface area contributed by atoms with E-state index in [1.165, 1.54) is 25.0 Å². The molecule has 1 unspecified atom stereocenters. The second-order valence-corrected chi connectivity index (χ2v) is 4.43. The Labute approximate surface area is 107 Å². The molecule has 0 fully saturated rings. The predicted octanol–water partition coefficient (Wildman–Crippen LogP) is 1.72. The van der Waals surface area contributed by atoms with E-state index in [4.69, 9.17) is 0 Å². The van der Waals surface area contributed by atoms with E-state index in [0.29, 0.717) is 12.5 Å². The number of nitrogens with zero attached hydrogens (tertiary/aromatic N) is 1. The van der Waals surface area contributed by atoms with Crippen molar-refractivity contribution in [2.75, 3.05) is 6.54 Å². The van der Waals surface area contributed by atoms with Crippen LogP contribution in [0.15, 0.2) is 16.9 Å². The van der Waals surface area contributed by atoms with E-state index in [1.807, 2.05) is 0 Å². The van der Waals surface area contributed by atoms with Crippen LogP contribution in [0.4, 0.5) is 0 Å². The van der Waals surface area contributed by atoms with Crippen molar-refractivity contribution in [1.29, 1.82) is 0 Å². The van der Waals surface area contributed by atoms with Crippen LogP contribution >= 0.6 is 0 Å². The quantitative estimate of drug-likeness (QED) is 0.774. The standard InChI is InChI=1S/C13H21N3O2/c1-3-5-6-10(4-2)9-14-13(18)11-7-8-12(17)16-15-11/h7-8,10H,3-6,9H2,1-2H3,(H,14,18)(H,16,17). The van der Waals surface area contributed by atoms with E-state index in [1.54, 1.807) is 0 Å². The third kappa shape index (κ3) is 4.69. The molecule has 5 heteroatoms. The molecule has 1 aromatic rings. The molecular weight excluding hydrogens is 230 g/mol. The number of H-pyrrole nitrogens is 1. The molecule has 0 aliphatic heterocycles. The Morgan fingerprint density at radius 1 is 1.44 bits per heavy atom. The summed E-state index contributed by atoms with van der Waals surface area (Å²) in [6.45, 7) is 4.95. The monoisotopic (exact) mass is 251 g/mol. The van der Waals surface area contributed by atoms with E-state index in [2.05, 4.69) is 29.4 Å². The van der Waals surface area contributed by atoms with E-state index in [-0.39, 0.29) is 17.2 Å². The van der Waals surface area contributed by atoms with Crippen LogP contribution in [-0.4, -0.2) is 22.6 Å². The molecule has 0 aliphatic carbocycles. The maximum absolute atomic E-state index is 11.8. The highest BCUT2D eigenvalue weighted by molar-refractivity contribution is 5.91. The Hall–Kier alpha value is -1.65. The van der Waals surface area contributed by atoms with Gasteiger partial charge in [0.2, 0.25) is 0 Å². The lowest BCUT2D eigenvalue weighted by Gasteiger charge is -2.14. The van der Waals surface area contributed by atoms with Crippen molar-refractivity contribution in [1.82, 2.24) is 15.5 Å². The number of nitrogens with one attached hydrogen (secondary N) is 2. The van der Waals surface area contributed by atoms with Gasteiger partial charge in [0.25, 0.3) is 11.5 Å². The third-order valence-electron chi connectivity index (χ3n) is 3.01. The lowest BCUT2D eigenvalue weighted by molar-refractivity contribution is 0.0939. The zero-order valence-corrected chi connectivity index (χ0v) is 11.0. The van der Waals surface area contributed by atoms with Gasteiger partial charge in [-0.2, -0.15) is 5.10 Å². The van der Waals surface area contributed by atoms with Gasteiger partial charge in [-0.3, -0.25) is 9.59 Å². The summed E-state index contributed by atoms with van der Waals surface area (Å²) in [4.78, 5) is 22.6. The normalized spacial score (nSPS) is 12.1. The van der Waals surface area contributed by atoms with Gasteiger partial charge in [0.15, 0.2) is 0 Å². The fourth-order valence-electron chi connectivity index (χ4n) is 1.74. The highest BCUT2D eigenvalue weighted by atomic mass is 16.2. The summed E-state index contributed by atoms with van der Waals surface area (Å²) < 4.78 is 0. The van der Waals surface area contributed by atoms with E-state index in [9.17, 15) is 9.59 Å². The summed E-state index contributed by atoms with van der Waals surface area (Å²) in [5.74, 6) is 0.276. The second kappa shape index (κ2) is 7.63. The van der Waals surface area contributed by atoms with Crippen molar-refractivity contribution < 1.29 is 4.79 Å². The summed E-state index contributed by atoms with van der Waals surface area (Å²) in [6.07, 6.45) is 4.54. The van der Waals surface area contributed by atoms with Crippen LogP contribution in [0.25, 0.3) is 0 Å². The molecule has 2 N–H and O–H groups in total. The first-order valence-corrected chi connectivity index (χ1v) is 6.51. The molecule has 5 nitrogen and oxygen atoms in total. The number of rotatable bonds is 7. The zero-order chi connectivity index (χ0) is 13.4. The molecule has 1 heterocycles. The molecule has 1 atom stereocenters. The van der Waals surface area contributed by atoms with Crippen LogP contribution < -0.4 is 10.9 Å². The van der Waals surface area contributed by atoms with Gasteiger partial charge >= 0.3 is 0 Å². The predicted molar refractivity (Wildman–Crippen MR) is 70.5 cm³/mol. The first-order valence-electron chi connectivity index (χ1n) is 6.51. The minimum Gasteiger partial charge on any atom is -0.350 e. The average molecular weight is 251 g/mol. The van der Waals surface area contributed by atoms with Crippen molar-refractivity contribution >= 4 is 5.91 Å². The Morgan fingerprint density at radius 2 is 2.22 bits per heavy atom. The number of carbonyl (C=O) groups is 1. The largest absolute Gasteiger partial charge is 0.350 e. The summed E-state index contributed by atoms with van der Waals surface area (Å²) in [7, 11) is 0. The molecule has 1 aromatic heterocycles. The van der Waals surface area contributed by atoms with Gasteiger partial charge in [-0.15, -0.1) is 0 Å². The molecule has 0 bridgehead atoms. The summed E-state index contributed by atoms with van der Waals surface area (Å²) in [5, 5.41) is 8.80. The third-order valence-corrected chi connectivity index (χ3v) is 3.01. The number of carbonyl (C=O) groups excluding carboxylic acids is 1. The molecule has 1 amide bonds. The average Bonchev–Trinajstić information content (AvgIpc) is 2.39. The molecule has 1 rings (SSSR count). The van der Waals surface area contributed by atoms with Gasteiger partial charge in [0.1, 0.15) is 5.69 Å². The Bertz CT molecular complexity index is 408. The first-order chi connectivity index (χ1) is 8.67. The van der Waals surface area contributed by atoms with Crippen LogP contribution in [0.1, 0.15) is 50.0 Å². The minimum absolute atomic E-state index is 0.235. The van der Waals surface area contributed by atoms with Crippen molar-refractivity contribution in [3.05, 3.63) is 28.2 Å². The van der Waals surface area contributed by atoms with Gasteiger partial charge in [0.05, 0.1) is 0 Å². The minimum atomic E-state index is -0.305. The number of hydrogen-bond acceptors (Lipinski definition) is 3. The topological polar surface area (TPSA) is 74.8 Å². The number of aromatic nitrogens is 2. The zero-order valence-electron chi connectivity index (χ0n) is 11.0. The van der Waals surface area contributed by atoms with Crippen molar-refractivity contribution in [3.8, 4) is 0 Å². The number of amides is 1. The maximum Gasteiger partial charge on any atom is 0.271 e. The Balaban J connectivity index is 2.44. The molecule has 0 aromatic carbocycles. The smallest absolute Gasteiger partial charge is 0.271 e. The molecule has 0 radical (unpaired) electrons. The van der Waals surface area contributed by atoms with E-state index < -0.39 is 0 Å². The number of unbranched alkanes of at least 4 members (excludes halogenated alkanes) is 1. The molecular formula is C13H21N3O2. The van der Waals surface area contributed by atoms with Crippen LogP contribution in [0.3, 0.4) is 0 Å². The first kappa shape index (κ1) is 14.4. The summed E-state index contributed by atoms with van der Waals surface area (Å²) in [6, 6.07) is 2.73. The van der Waals surface area contributed by atoms with Crippen LogP contribution in [0.2, 0.25) is 0 Å². The highest BCUT2D eigenvalue weighted by Gasteiger charge is 2.10. The number of aromatic amines is 1. The van der Waals surface area contributed by atoms with Gasteiger partial charge in [-0.25, -0.2) is 5.10 Å². The molecule has 0 saturated carbocycles. The lowest BCUT2D eigenvalue weighted by atomic mass is 9.99. The van der Waals surface area contributed by atoms with Gasteiger partial charge in [-0.1, -0.05) is 33.1 Å². The van der Waals surface area contributed by atoms with Crippen molar-refractivity contribution in [2.24, 2.45) is 5.92 Å². The Kier molecular flexibility index (Phi) is 6.11. The molecule has 0 aliphatic rings. The highest BCUT2D eigenvalue weighted by Crippen LogP contribution is 2.11. The van der Waals surface area contributed by atoms with Gasteiger partial charge in [0, 0.05) is 12.6 Å². The van der Waals surface area contributed by atoms with E-state index >= 15 is 0 Å². The Morgan fingerprint density at radius 3 is 2.78 bits per heavy atom. The fraction of sp³-hybridized carbons (Fsp3) is 0.615. The van der Waals surface area contributed by atoms with Crippen LogP contribution in [0.5, 0.6) is 0 Å². The summed E-state index contributed by atoms with van der Waals surface area (Å²) in [5.41, 5.74) is -0.0547. The second-order valence-electron chi connectivity index (χ2n) is 4.43. The van der Waals surface area contributed by atoms with Gasteiger partial charge in [-0.05, 0) is 18.4 Å². The number of hydrogen-bond donors (Lipinski definition) is 2. The molecule has 18 heavy (non-hydrogen) atoms. The lowest BCUT2D eigenvalue weighted by Crippen LogP contribution is -2.30. The van der Waals surface area contributed by atoms with Gasteiger partial charge < -0.3 is 5.32 Å². The SMILES string of the molecule is CCCCC(CC)CNC(=O)c1ccc(=O)[nH]n1. The fourth-order valence-corrected chi connectivity index (χ4v) is 1.74. The molecule has 0 saturated heterocycles. The summed E-state index contributed by atoms with van der Waals surface area (Å²) >= 11 is 0. The molecule has 100 valence electrons. The van der Waals surface area contributed by atoms with Crippen molar-refractivity contribution in [3.63, 3.8) is 0 Å². The van der Waals surface area contributed by atoms with E-state index in [0.717, 1.165) is 12.8 Å². The van der Waals surface area contributed by atoms with Crippen molar-refractivity contribution in [2.45, 2.75) is 39.5 Å².